The summed E-state index contributed by atoms with van der Waals surface area (Å²) in [7, 11) is 0. The van der Waals surface area contributed by atoms with E-state index < -0.39 is 0 Å². The lowest BCUT2D eigenvalue weighted by Crippen LogP contribution is -2.59. The van der Waals surface area contributed by atoms with Gasteiger partial charge in [0.2, 0.25) is 5.88 Å². The van der Waals surface area contributed by atoms with Gasteiger partial charge in [0, 0.05) is 24.2 Å². The van der Waals surface area contributed by atoms with Crippen LogP contribution < -0.4 is 10.1 Å². The zero-order chi connectivity index (χ0) is 16.9. The molecule has 0 aromatic carbocycles. The molecule has 0 radical (unpaired) electrons. The van der Waals surface area contributed by atoms with Crippen LogP contribution in [-0.2, 0) is 4.74 Å². The van der Waals surface area contributed by atoms with Crippen LogP contribution in [0.2, 0.25) is 0 Å². The minimum absolute atomic E-state index is 0.0187. The van der Waals surface area contributed by atoms with Gasteiger partial charge in [-0.15, -0.1) is 0 Å². The van der Waals surface area contributed by atoms with Gasteiger partial charge in [0.05, 0.1) is 18.8 Å². The van der Waals surface area contributed by atoms with Crippen LogP contribution in [0.5, 0.6) is 5.88 Å². The highest BCUT2D eigenvalue weighted by Crippen LogP contribution is 2.55. The van der Waals surface area contributed by atoms with Gasteiger partial charge in [-0.05, 0) is 62.3 Å². The summed E-state index contributed by atoms with van der Waals surface area (Å²) in [6.45, 7) is 1.37. The first-order chi connectivity index (χ1) is 12.2. The minimum Gasteiger partial charge on any atom is -0.472 e. The molecule has 1 aromatic heterocycles. The molecule has 6 rings (SSSR count). The normalized spacial score (nSPS) is 38.7. The van der Waals surface area contributed by atoms with Crippen molar-refractivity contribution in [1.82, 2.24) is 10.3 Å². The Hall–Kier alpha value is -1.62. The fraction of sp³-hybridized carbons (Fsp3) is 0.700. The van der Waals surface area contributed by atoms with Gasteiger partial charge in [-0.2, -0.15) is 0 Å². The third kappa shape index (κ3) is 3.03. The van der Waals surface area contributed by atoms with Crippen LogP contribution in [0.4, 0.5) is 0 Å². The average Bonchev–Trinajstić information content (AvgIpc) is 3.06. The van der Waals surface area contributed by atoms with Crippen LogP contribution in [0.3, 0.4) is 0 Å². The summed E-state index contributed by atoms with van der Waals surface area (Å²) in [5.74, 6) is 3.07. The van der Waals surface area contributed by atoms with Crippen LogP contribution in [0.1, 0.15) is 55.3 Å². The van der Waals surface area contributed by atoms with Crippen molar-refractivity contribution in [2.45, 2.75) is 56.6 Å². The van der Waals surface area contributed by atoms with E-state index in [1.54, 1.807) is 12.3 Å². The first-order valence-corrected chi connectivity index (χ1v) is 9.70. The Morgan fingerprint density at radius 3 is 2.44 bits per heavy atom. The number of aromatic nitrogens is 1. The maximum absolute atomic E-state index is 12.8. The van der Waals surface area contributed by atoms with E-state index in [0.29, 0.717) is 18.1 Å². The largest absolute Gasteiger partial charge is 0.472 e. The van der Waals surface area contributed by atoms with E-state index in [4.69, 9.17) is 9.47 Å². The lowest BCUT2D eigenvalue weighted by atomic mass is 9.53. The maximum Gasteiger partial charge on any atom is 0.253 e. The summed E-state index contributed by atoms with van der Waals surface area (Å²) in [5, 5.41) is 3.39. The Kier molecular flexibility index (Phi) is 3.73. The second-order valence-corrected chi connectivity index (χ2v) is 8.64. The van der Waals surface area contributed by atoms with Crippen molar-refractivity contribution in [3.63, 3.8) is 0 Å². The third-order valence-corrected chi connectivity index (χ3v) is 6.59. The fourth-order valence-electron chi connectivity index (χ4n) is 5.94. The summed E-state index contributed by atoms with van der Waals surface area (Å²) >= 11 is 0. The van der Waals surface area contributed by atoms with Crippen LogP contribution in [0.25, 0.3) is 0 Å². The van der Waals surface area contributed by atoms with E-state index in [-0.39, 0.29) is 17.6 Å². The molecule has 4 bridgehead atoms. The number of nitrogens with one attached hydrogen (secondary N) is 1. The number of hydrogen-bond acceptors (Lipinski definition) is 4. The van der Waals surface area contributed by atoms with Gasteiger partial charge in [-0.25, -0.2) is 4.98 Å². The van der Waals surface area contributed by atoms with Gasteiger partial charge in [0.25, 0.3) is 5.91 Å². The van der Waals surface area contributed by atoms with E-state index in [1.807, 2.05) is 6.07 Å². The second-order valence-electron chi connectivity index (χ2n) is 8.64. The van der Waals surface area contributed by atoms with E-state index in [1.165, 1.54) is 38.5 Å². The molecule has 134 valence electrons. The van der Waals surface area contributed by atoms with E-state index in [2.05, 4.69) is 10.3 Å². The van der Waals surface area contributed by atoms with Crippen LogP contribution >= 0.6 is 0 Å². The number of ether oxygens (including phenoxy) is 2. The highest BCUT2D eigenvalue weighted by molar-refractivity contribution is 5.94. The molecular weight excluding hydrogens is 316 g/mol. The van der Waals surface area contributed by atoms with Gasteiger partial charge < -0.3 is 14.8 Å². The molecule has 0 spiro atoms. The fourth-order valence-corrected chi connectivity index (χ4v) is 5.94. The molecule has 4 saturated carbocycles. The van der Waals surface area contributed by atoms with Crippen molar-refractivity contribution >= 4 is 5.91 Å². The Bertz CT molecular complexity index is 616. The molecule has 2 heterocycles. The lowest BCUT2D eigenvalue weighted by Gasteiger charge is -2.56. The molecule has 5 aliphatic rings. The van der Waals surface area contributed by atoms with Crippen molar-refractivity contribution < 1.29 is 14.3 Å². The summed E-state index contributed by atoms with van der Waals surface area (Å²) in [6, 6.07) is 3.63. The number of hydrogen-bond donors (Lipinski definition) is 1. The van der Waals surface area contributed by atoms with Crippen molar-refractivity contribution in [3.8, 4) is 5.88 Å². The summed E-state index contributed by atoms with van der Waals surface area (Å²) in [5.41, 5.74) is 0.674. The average molecular weight is 342 g/mol. The number of nitrogens with zero attached hydrogens (tertiary/aromatic N) is 1. The van der Waals surface area contributed by atoms with Crippen molar-refractivity contribution in [2.24, 2.45) is 17.8 Å². The molecule has 1 aromatic rings. The van der Waals surface area contributed by atoms with Gasteiger partial charge >= 0.3 is 0 Å². The Morgan fingerprint density at radius 2 is 1.88 bits per heavy atom. The zero-order valence-corrected chi connectivity index (χ0v) is 14.6. The SMILES string of the molecule is O=C(NC12CC3CC(CC(C3)C1)C2)c1ccc(OC2CCOC2)nc1. The van der Waals surface area contributed by atoms with Gasteiger partial charge in [-0.1, -0.05) is 0 Å². The van der Waals surface area contributed by atoms with Crippen molar-refractivity contribution in [1.29, 1.82) is 0 Å². The van der Waals surface area contributed by atoms with Gasteiger partial charge in [-0.3, -0.25) is 4.79 Å². The molecule has 1 saturated heterocycles. The molecule has 25 heavy (non-hydrogen) atoms. The number of carbonyl (C=O) groups excluding carboxylic acids is 1. The lowest BCUT2D eigenvalue weighted by molar-refractivity contribution is -0.0167. The van der Waals surface area contributed by atoms with Crippen LogP contribution in [0, 0.1) is 17.8 Å². The molecule has 1 amide bonds. The topological polar surface area (TPSA) is 60.5 Å². The molecule has 5 nitrogen and oxygen atoms in total. The van der Waals surface area contributed by atoms with Crippen LogP contribution in [-0.4, -0.2) is 35.7 Å². The first-order valence-electron chi connectivity index (χ1n) is 9.70. The molecular formula is C20H26N2O3. The number of amides is 1. The van der Waals surface area contributed by atoms with Gasteiger partial charge in [0.1, 0.15) is 6.10 Å². The summed E-state index contributed by atoms with van der Waals surface area (Å²) in [6.07, 6.45) is 10.3. The standard InChI is InChI=1S/C20H26N2O3/c23-19(16-1-2-18(21-11-16)25-17-3-4-24-12-17)22-20-8-13-5-14(9-20)7-15(6-13)10-20/h1-2,11,13-15,17H,3-10,12H2,(H,22,23). The van der Waals surface area contributed by atoms with Crippen molar-refractivity contribution in [3.05, 3.63) is 23.9 Å². The molecule has 4 aliphatic carbocycles. The monoisotopic (exact) mass is 342 g/mol. The van der Waals surface area contributed by atoms with Gasteiger partial charge in [0.15, 0.2) is 0 Å². The Labute approximate surface area is 148 Å². The molecule has 5 heteroatoms. The molecule has 1 atom stereocenters. The summed E-state index contributed by atoms with van der Waals surface area (Å²) < 4.78 is 11.1. The highest BCUT2D eigenvalue weighted by atomic mass is 16.5. The Morgan fingerprint density at radius 1 is 1.16 bits per heavy atom. The van der Waals surface area contributed by atoms with Crippen molar-refractivity contribution in [2.75, 3.05) is 13.2 Å². The molecule has 1 unspecified atom stereocenters. The van der Waals surface area contributed by atoms with E-state index >= 15 is 0 Å². The second kappa shape index (κ2) is 5.97. The van der Waals surface area contributed by atoms with E-state index in [9.17, 15) is 4.79 Å². The predicted octanol–water partition coefficient (Wildman–Crippen LogP) is 2.95. The summed E-state index contributed by atoms with van der Waals surface area (Å²) in [4.78, 5) is 17.1. The predicted molar refractivity (Wildman–Crippen MR) is 92.5 cm³/mol. The molecule has 1 aliphatic heterocycles. The zero-order valence-electron chi connectivity index (χ0n) is 14.6. The highest BCUT2D eigenvalue weighted by Gasteiger charge is 2.51. The quantitative estimate of drug-likeness (QED) is 0.914. The number of pyridine rings is 1. The third-order valence-electron chi connectivity index (χ3n) is 6.59. The number of carbonyl (C=O) groups is 1. The van der Waals surface area contributed by atoms with E-state index in [0.717, 1.165) is 30.8 Å². The molecule has 5 fully saturated rings. The maximum atomic E-state index is 12.8. The Balaban J connectivity index is 1.25. The first kappa shape index (κ1) is 15.6. The molecule has 1 N–H and O–H groups in total. The minimum atomic E-state index is 0.0187. The number of rotatable bonds is 4. The van der Waals surface area contributed by atoms with Crippen LogP contribution in [0.15, 0.2) is 18.3 Å². The smallest absolute Gasteiger partial charge is 0.253 e.